The van der Waals surface area contributed by atoms with Gasteiger partial charge in [-0.25, -0.2) is 0 Å². The van der Waals surface area contributed by atoms with Gasteiger partial charge in [-0.05, 0) is 12.1 Å². The van der Waals surface area contributed by atoms with E-state index in [1.165, 1.54) is 16.2 Å². The number of amides is 2. The molecule has 2 aromatic rings. The lowest BCUT2D eigenvalue weighted by molar-refractivity contribution is -0.120. The Kier molecular flexibility index (Phi) is 4.69. The van der Waals surface area contributed by atoms with E-state index in [1.54, 1.807) is 20.2 Å². The molecule has 0 saturated heterocycles. The molecule has 0 aliphatic rings. The van der Waals surface area contributed by atoms with Crippen LogP contribution in [0.1, 0.15) is 16.1 Å². The first-order valence-corrected chi connectivity index (χ1v) is 7.57. The van der Waals surface area contributed by atoms with Gasteiger partial charge in [0.25, 0.3) is 5.91 Å². The van der Waals surface area contributed by atoms with Crippen molar-refractivity contribution in [2.75, 3.05) is 26.4 Å². The van der Waals surface area contributed by atoms with E-state index in [4.69, 9.17) is 17.3 Å². The normalized spacial score (nSPS) is 10.6. The van der Waals surface area contributed by atoms with Gasteiger partial charge >= 0.3 is 0 Å². The molecule has 0 aliphatic carbocycles. The third-order valence-corrected chi connectivity index (χ3v) is 4.67. The lowest BCUT2D eigenvalue weighted by atomic mass is 10.2. The molecule has 3 N–H and O–H groups in total. The Morgan fingerprint density at radius 2 is 2.14 bits per heavy atom. The van der Waals surface area contributed by atoms with Crippen molar-refractivity contribution in [2.24, 2.45) is 0 Å². The van der Waals surface area contributed by atoms with E-state index >= 15 is 0 Å². The number of carbonyl (C=O) groups excluding carboxylic acids is 2. The first-order chi connectivity index (χ1) is 9.95. The summed E-state index contributed by atoms with van der Waals surface area (Å²) >= 11 is 7.44. The number of hydrogen-bond acceptors (Lipinski definition) is 4. The van der Waals surface area contributed by atoms with Crippen molar-refractivity contribution in [2.45, 2.75) is 6.42 Å². The number of benzene rings is 1. The van der Waals surface area contributed by atoms with E-state index in [-0.39, 0.29) is 18.2 Å². The number of carbonyl (C=O) groups is 2. The second kappa shape index (κ2) is 6.32. The maximum Gasteiger partial charge on any atom is 0.265 e. The first-order valence-electron chi connectivity index (χ1n) is 6.38. The topological polar surface area (TPSA) is 75.4 Å². The SMILES string of the molecule is CNC(=O)CCN(C)C(=O)c1sc2cccc(Cl)c2c1N. The summed E-state index contributed by atoms with van der Waals surface area (Å²) in [6.07, 6.45) is 0.254. The van der Waals surface area contributed by atoms with Crippen LogP contribution < -0.4 is 11.1 Å². The van der Waals surface area contributed by atoms with Crippen molar-refractivity contribution in [3.05, 3.63) is 28.1 Å². The van der Waals surface area contributed by atoms with Gasteiger partial charge in [0.15, 0.2) is 0 Å². The summed E-state index contributed by atoms with van der Waals surface area (Å²) in [5.74, 6) is -0.310. The Balaban J connectivity index is 2.25. The highest BCUT2D eigenvalue weighted by Gasteiger charge is 2.21. The molecular weight excluding hydrogens is 310 g/mol. The fourth-order valence-corrected chi connectivity index (χ4v) is 3.43. The Bertz CT molecular complexity index is 699. The lowest BCUT2D eigenvalue weighted by Crippen LogP contribution is -2.31. The first kappa shape index (κ1) is 15.6. The molecule has 2 amide bonds. The molecule has 0 bridgehead atoms. The fourth-order valence-electron chi connectivity index (χ4n) is 1.96. The van der Waals surface area contributed by atoms with Gasteiger partial charge in [0.05, 0.1) is 10.7 Å². The summed E-state index contributed by atoms with van der Waals surface area (Å²) in [6.45, 7) is 0.333. The van der Waals surface area contributed by atoms with Gasteiger partial charge in [-0.2, -0.15) is 0 Å². The van der Waals surface area contributed by atoms with Crippen LogP contribution in [0.4, 0.5) is 5.69 Å². The van der Waals surface area contributed by atoms with Gasteiger partial charge < -0.3 is 16.0 Å². The zero-order valence-corrected chi connectivity index (χ0v) is 13.3. The van der Waals surface area contributed by atoms with E-state index < -0.39 is 0 Å². The highest BCUT2D eigenvalue weighted by molar-refractivity contribution is 7.21. The highest BCUT2D eigenvalue weighted by atomic mass is 35.5. The van der Waals surface area contributed by atoms with Gasteiger partial charge in [0, 0.05) is 37.1 Å². The van der Waals surface area contributed by atoms with Crippen molar-refractivity contribution in [1.29, 1.82) is 0 Å². The highest BCUT2D eigenvalue weighted by Crippen LogP contribution is 2.38. The number of nitrogens with zero attached hydrogens (tertiary/aromatic N) is 1. The minimum Gasteiger partial charge on any atom is -0.397 e. The predicted octanol–water partition coefficient (Wildman–Crippen LogP) is 2.34. The zero-order valence-electron chi connectivity index (χ0n) is 11.8. The molecule has 1 aromatic carbocycles. The molecule has 2 rings (SSSR count). The summed E-state index contributed by atoms with van der Waals surface area (Å²) in [5.41, 5.74) is 6.46. The number of fused-ring (bicyclic) bond motifs is 1. The van der Waals surface area contributed by atoms with Gasteiger partial charge in [-0.1, -0.05) is 17.7 Å². The summed E-state index contributed by atoms with van der Waals surface area (Å²) < 4.78 is 0.878. The van der Waals surface area contributed by atoms with Crippen LogP contribution in [0.25, 0.3) is 10.1 Å². The molecule has 1 aromatic heterocycles. The summed E-state index contributed by atoms with van der Waals surface area (Å²) in [7, 11) is 3.22. The average Bonchev–Trinajstić information content (AvgIpc) is 2.82. The van der Waals surface area contributed by atoms with Crippen molar-refractivity contribution >= 4 is 50.5 Å². The van der Waals surface area contributed by atoms with Gasteiger partial charge in [0.2, 0.25) is 5.91 Å². The molecule has 0 radical (unpaired) electrons. The van der Waals surface area contributed by atoms with Crippen LogP contribution >= 0.6 is 22.9 Å². The molecule has 0 aliphatic heterocycles. The number of nitrogens with two attached hydrogens (primary N) is 1. The number of thiophene rings is 1. The number of anilines is 1. The van der Waals surface area contributed by atoms with E-state index in [0.29, 0.717) is 27.5 Å². The average molecular weight is 326 g/mol. The van der Waals surface area contributed by atoms with Crippen molar-refractivity contribution in [3.8, 4) is 0 Å². The summed E-state index contributed by atoms with van der Waals surface area (Å²) in [4.78, 5) is 25.6. The Morgan fingerprint density at radius 1 is 1.43 bits per heavy atom. The predicted molar refractivity (Wildman–Crippen MR) is 86.9 cm³/mol. The molecule has 0 fully saturated rings. The molecule has 21 heavy (non-hydrogen) atoms. The number of nitrogens with one attached hydrogen (secondary N) is 1. The van der Waals surface area contributed by atoms with Crippen LogP contribution in [0, 0.1) is 0 Å². The van der Waals surface area contributed by atoms with Crippen molar-refractivity contribution in [3.63, 3.8) is 0 Å². The summed E-state index contributed by atoms with van der Waals surface area (Å²) in [6, 6.07) is 5.45. The van der Waals surface area contributed by atoms with E-state index in [9.17, 15) is 9.59 Å². The van der Waals surface area contributed by atoms with Crippen molar-refractivity contribution in [1.82, 2.24) is 10.2 Å². The molecule has 0 saturated carbocycles. The molecule has 1 heterocycles. The Hall–Kier alpha value is -1.79. The number of hydrogen-bond donors (Lipinski definition) is 2. The summed E-state index contributed by atoms with van der Waals surface area (Å²) in [5, 5.41) is 3.77. The molecule has 0 atom stereocenters. The quantitative estimate of drug-likeness (QED) is 0.906. The largest absolute Gasteiger partial charge is 0.397 e. The molecule has 112 valence electrons. The van der Waals surface area contributed by atoms with Crippen LogP contribution in [0.15, 0.2) is 18.2 Å². The second-order valence-electron chi connectivity index (χ2n) is 4.61. The Labute approximate surface area is 131 Å². The maximum absolute atomic E-state index is 12.4. The van der Waals surface area contributed by atoms with Crippen LogP contribution in [-0.2, 0) is 4.79 Å². The van der Waals surface area contributed by atoms with Gasteiger partial charge in [0.1, 0.15) is 4.88 Å². The third kappa shape index (κ3) is 3.11. The number of halogens is 1. The van der Waals surface area contributed by atoms with Gasteiger partial charge in [-0.15, -0.1) is 11.3 Å². The molecule has 0 spiro atoms. The van der Waals surface area contributed by atoms with Gasteiger partial charge in [-0.3, -0.25) is 9.59 Å². The molecular formula is C14H16ClN3O2S. The van der Waals surface area contributed by atoms with Crippen LogP contribution in [0.3, 0.4) is 0 Å². The van der Waals surface area contributed by atoms with Crippen molar-refractivity contribution < 1.29 is 9.59 Å². The van der Waals surface area contributed by atoms with E-state index in [1.807, 2.05) is 12.1 Å². The number of rotatable bonds is 4. The maximum atomic E-state index is 12.4. The standard InChI is InChI=1S/C14H16ClN3O2S/c1-17-10(19)6-7-18(2)14(20)13-12(16)11-8(15)4-3-5-9(11)21-13/h3-5H,6-7,16H2,1-2H3,(H,17,19). The van der Waals surface area contributed by atoms with Crippen LogP contribution in [0.5, 0.6) is 0 Å². The minimum absolute atomic E-state index is 0.109. The van der Waals surface area contributed by atoms with Crippen LogP contribution in [0.2, 0.25) is 5.02 Å². The monoisotopic (exact) mass is 325 g/mol. The minimum atomic E-state index is -0.200. The number of nitrogen functional groups attached to an aromatic ring is 1. The molecule has 0 unspecified atom stereocenters. The molecule has 5 nitrogen and oxygen atoms in total. The smallest absolute Gasteiger partial charge is 0.265 e. The second-order valence-corrected chi connectivity index (χ2v) is 6.07. The van der Waals surface area contributed by atoms with E-state index in [2.05, 4.69) is 5.32 Å². The fraction of sp³-hybridized carbons (Fsp3) is 0.286. The lowest BCUT2D eigenvalue weighted by Gasteiger charge is -2.16. The van der Waals surface area contributed by atoms with E-state index in [0.717, 1.165) is 4.70 Å². The molecule has 7 heteroatoms. The zero-order chi connectivity index (χ0) is 15.6. The van der Waals surface area contributed by atoms with Crippen LogP contribution in [-0.4, -0.2) is 37.4 Å². The Morgan fingerprint density at radius 3 is 2.76 bits per heavy atom. The third-order valence-electron chi connectivity index (χ3n) is 3.20.